The summed E-state index contributed by atoms with van der Waals surface area (Å²) < 4.78 is 16.5. The first kappa shape index (κ1) is 25.8. The molecule has 0 aromatic carbocycles. The summed E-state index contributed by atoms with van der Waals surface area (Å²) in [5.41, 5.74) is 3.97. The normalized spacial score (nSPS) is 13.8. The number of ether oxygens (including phenoxy) is 1. The molecule has 0 aliphatic heterocycles. The average molecular weight is 399 g/mol. The van der Waals surface area contributed by atoms with Gasteiger partial charge in [-0.2, -0.15) is 5.10 Å². The second kappa shape index (κ2) is 16.9. The number of aromatic nitrogens is 2. The zero-order valence-electron chi connectivity index (χ0n) is 17.5. The zero-order valence-corrected chi connectivity index (χ0v) is 17.5. The Morgan fingerprint density at radius 3 is 2.48 bits per heavy atom. The summed E-state index contributed by atoms with van der Waals surface area (Å²) in [6.07, 6.45) is 19.8. The van der Waals surface area contributed by atoms with Gasteiger partial charge in [0.15, 0.2) is 0 Å². The molecule has 0 saturated heterocycles. The third kappa shape index (κ3) is 12.7. The van der Waals surface area contributed by atoms with Crippen LogP contribution in [0.25, 0.3) is 0 Å². The lowest BCUT2D eigenvalue weighted by molar-refractivity contribution is 0.227. The Morgan fingerprint density at radius 1 is 1.28 bits per heavy atom. The van der Waals surface area contributed by atoms with E-state index in [0.717, 1.165) is 19.3 Å². The van der Waals surface area contributed by atoms with Gasteiger partial charge >= 0.3 is 0 Å². The van der Waals surface area contributed by atoms with Crippen LogP contribution in [0.5, 0.6) is 0 Å². The van der Waals surface area contributed by atoms with Gasteiger partial charge in [-0.3, -0.25) is 19.9 Å². The van der Waals surface area contributed by atoms with Crippen molar-refractivity contribution in [2.75, 3.05) is 13.8 Å². The van der Waals surface area contributed by atoms with Crippen LogP contribution in [0.15, 0.2) is 78.9 Å². The Labute approximate surface area is 173 Å². The van der Waals surface area contributed by atoms with E-state index >= 15 is 0 Å². The van der Waals surface area contributed by atoms with Crippen LogP contribution in [0.1, 0.15) is 31.9 Å². The maximum absolute atomic E-state index is 9.50. The lowest BCUT2D eigenvalue weighted by Gasteiger charge is -2.06. The van der Waals surface area contributed by atoms with Crippen LogP contribution < -0.4 is 0 Å². The standard InChI is InChI=1S/C14H20N4O.C8H8.CH3F/c1-4-5-10-19-11(2)12(15)6-7-13(16)14-8-9-18(3)17-14;1-2-4-6-8-7-5-3-1;1-2/h6-9,15-16H,2,4-5,10H2,1,3H3;1-3,6-8H,4H2;1H3/b7-6-,15-12?,16-13?;2-1-,8-6-;. The van der Waals surface area contributed by atoms with Crippen LogP contribution in [0, 0.1) is 10.8 Å². The Kier molecular flexibility index (Phi) is 15.0. The van der Waals surface area contributed by atoms with Crippen LogP contribution in [0.2, 0.25) is 0 Å². The van der Waals surface area contributed by atoms with Crippen molar-refractivity contribution in [2.45, 2.75) is 26.2 Å². The summed E-state index contributed by atoms with van der Waals surface area (Å²) in [4.78, 5) is 0. The first-order valence-corrected chi connectivity index (χ1v) is 9.32. The van der Waals surface area contributed by atoms with Crippen LogP contribution in [0.3, 0.4) is 0 Å². The van der Waals surface area contributed by atoms with E-state index in [2.05, 4.69) is 36.5 Å². The van der Waals surface area contributed by atoms with Gasteiger partial charge in [-0.25, -0.2) is 0 Å². The van der Waals surface area contributed by atoms with Crippen molar-refractivity contribution in [3.63, 3.8) is 0 Å². The highest BCUT2D eigenvalue weighted by Crippen LogP contribution is 2.02. The van der Waals surface area contributed by atoms with Gasteiger partial charge in [0.2, 0.25) is 0 Å². The fraction of sp³-hybridized carbons (Fsp3) is 0.304. The van der Waals surface area contributed by atoms with Gasteiger partial charge in [0.1, 0.15) is 11.5 Å². The number of alkyl halides is 1. The van der Waals surface area contributed by atoms with Gasteiger partial charge in [-0.05, 0) is 43.2 Å². The molecule has 1 aromatic heterocycles. The van der Waals surface area contributed by atoms with Crippen molar-refractivity contribution >= 4 is 11.4 Å². The van der Waals surface area contributed by atoms with E-state index in [4.69, 9.17) is 15.6 Å². The van der Waals surface area contributed by atoms with E-state index in [9.17, 15) is 4.39 Å². The molecule has 0 fully saturated rings. The number of aryl methyl sites for hydroxylation is 1. The van der Waals surface area contributed by atoms with Gasteiger partial charge < -0.3 is 4.74 Å². The summed E-state index contributed by atoms with van der Waals surface area (Å²) in [5.74, 6) is 0.332. The molecule has 5 nitrogen and oxygen atoms in total. The van der Waals surface area contributed by atoms with Crippen molar-refractivity contribution in [3.05, 3.63) is 84.6 Å². The van der Waals surface area contributed by atoms with E-state index in [0.29, 0.717) is 25.2 Å². The second-order valence-electron chi connectivity index (χ2n) is 5.75. The minimum absolute atomic E-state index is 0.178. The fourth-order valence-electron chi connectivity index (χ4n) is 1.86. The molecule has 1 aliphatic carbocycles. The summed E-state index contributed by atoms with van der Waals surface area (Å²) in [6.45, 7) is 6.34. The topological polar surface area (TPSA) is 74.8 Å². The molecule has 0 amide bonds. The molecule has 2 rings (SSSR count). The number of rotatable bonds is 8. The Morgan fingerprint density at radius 2 is 1.93 bits per heavy atom. The summed E-state index contributed by atoms with van der Waals surface area (Å²) in [7, 11) is 2.30. The highest BCUT2D eigenvalue weighted by molar-refractivity contribution is 6.12. The predicted octanol–water partition coefficient (Wildman–Crippen LogP) is 5.49. The van der Waals surface area contributed by atoms with Gasteiger partial charge in [0.25, 0.3) is 0 Å². The molecule has 0 unspecified atom stereocenters. The Hall–Kier alpha value is -3.24. The van der Waals surface area contributed by atoms with Crippen LogP contribution >= 0.6 is 0 Å². The average Bonchev–Trinajstić information content (AvgIpc) is 3.14. The number of nitrogens with one attached hydrogen (secondary N) is 2. The smallest absolute Gasteiger partial charge is 0.137 e. The van der Waals surface area contributed by atoms with E-state index in [1.165, 1.54) is 12.2 Å². The number of hydrogen-bond acceptors (Lipinski definition) is 4. The highest BCUT2D eigenvalue weighted by atomic mass is 19.1. The largest absolute Gasteiger partial charge is 0.492 e. The molecule has 1 aliphatic rings. The number of unbranched alkanes of at least 4 members (excludes halogenated alkanes) is 1. The molecule has 0 saturated carbocycles. The molecule has 1 heterocycles. The van der Waals surface area contributed by atoms with E-state index in [1.54, 1.807) is 24.0 Å². The summed E-state index contributed by atoms with van der Waals surface area (Å²) >= 11 is 0. The monoisotopic (exact) mass is 398 g/mol. The number of hydrogen-bond donors (Lipinski definition) is 2. The van der Waals surface area contributed by atoms with Crippen LogP contribution in [-0.2, 0) is 11.8 Å². The van der Waals surface area contributed by atoms with Gasteiger partial charge in [-0.15, -0.1) is 5.73 Å². The third-order valence-corrected chi connectivity index (χ3v) is 3.41. The van der Waals surface area contributed by atoms with Gasteiger partial charge in [0, 0.05) is 13.2 Å². The van der Waals surface area contributed by atoms with Crippen molar-refractivity contribution in [1.82, 2.24) is 9.78 Å². The minimum Gasteiger partial charge on any atom is -0.492 e. The van der Waals surface area contributed by atoms with Crippen molar-refractivity contribution < 1.29 is 9.13 Å². The van der Waals surface area contributed by atoms with E-state index in [-0.39, 0.29) is 11.4 Å². The molecule has 2 N–H and O–H groups in total. The first-order chi connectivity index (χ1) is 14.0. The minimum atomic E-state index is 0.178. The molecular weight excluding hydrogens is 367 g/mol. The van der Waals surface area contributed by atoms with Crippen LogP contribution in [-0.4, -0.2) is 35.0 Å². The molecular formula is C23H31FN4O. The number of nitrogens with zero attached hydrogens (tertiary/aromatic N) is 2. The Bertz CT molecular complexity index is 778. The third-order valence-electron chi connectivity index (χ3n) is 3.41. The van der Waals surface area contributed by atoms with Gasteiger partial charge in [0.05, 0.1) is 25.2 Å². The predicted molar refractivity (Wildman–Crippen MR) is 119 cm³/mol. The first-order valence-electron chi connectivity index (χ1n) is 9.32. The molecule has 0 spiro atoms. The molecule has 1 aromatic rings. The second-order valence-corrected chi connectivity index (χ2v) is 5.75. The molecule has 0 radical (unpaired) electrons. The van der Waals surface area contributed by atoms with Crippen molar-refractivity contribution in [1.29, 1.82) is 10.8 Å². The molecule has 156 valence electrons. The number of allylic oxidation sites excluding steroid dienone is 7. The zero-order chi connectivity index (χ0) is 21.9. The quantitative estimate of drug-likeness (QED) is 0.263. The molecule has 6 heteroatoms. The molecule has 0 atom stereocenters. The lowest BCUT2D eigenvalue weighted by atomic mass is 10.2. The van der Waals surface area contributed by atoms with Crippen molar-refractivity contribution in [2.24, 2.45) is 7.05 Å². The number of halogens is 1. The molecule has 0 bridgehead atoms. The highest BCUT2D eigenvalue weighted by Gasteiger charge is 2.03. The Balaban J connectivity index is 0.000000649. The summed E-state index contributed by atoms with van der Waals surface area (Å²) in [6, 6.07) is 1.75. The molecule has 29 heavy (non-hydrogen) atoms. The fourth-order valence-corrected chi connectivity index (χ4v) is 1.86. The van der Waals surface area contributed by atoms with Crippen molar-refractivity contribution in [3.8, 4) is 0 Å². The van der Waals surface area contributed by atoms with Crippen LogP contribution in [0.4, 0.5) is 4.39 Å². The summed E-state index contributed by atoms with van der Waals surface area (Å²) in [5, 5.41) is 19.7. The maximum Gasteiger partial charge on any atom is 0.137 e. The van der Waals surface area contributed by atoms with E-state index < -0.39 is 0 Å². The van der Waals surface area contributed by atoms with Gasteiger partial charge in [-0.1, -0.05) is 44.2 Å². The lowest BCUT2D eigenvalue weighted by Crippen LogP contribution is -2.04. The van der Waals surface area contributed by atoms with E-state index in [1.807, 2.05) is 24.3 Å². The maximum atomic E-state index is 9.50. The SMILES string of the molecule is C1=C/C=C\C/C=C\C=1.C=C(OCCCC)C(=N)/C=C\C(=N)c1ccn(C)n1.CF.